The molecule has 140 valence electrons. The molecule has 0 N–H and O–H groups in total. The van der Waals surface area contributed by atoms with Crippen LogP contribution < -0.4 is 4.74 Å². The Morgan fingerprint density at radius 1 is 1.35 bits per heavy atom. The third kappa shape index (κ3) is 4.25. The van der Waals surface area contributed by atoms with Crippen molar-refractivity contribution in [2.75, 3.05) is 26.8 Å². The Labute approximate surface area is 154 Å². The minimum atomic E-state index is -0.440. The lowest BCUT2D eigenvalue weighted by atomic mass is 10.0. The minimum Gasteiger partial charge on any atom is -0.491 e. The molecule has 1 amide bonds. The van der Waals surface area contributed by atoms with Crippen LogP contribution in [0.4, 0.5) is 0 Å². The van der Waals surface area contributed by atoms with Crippen molar-refractivity contribution >= 4 is 5.91 Å². The largest absolute Gasteiger partial charge is 0.491 e. The highest BCUT2D eigenvalue weighted by molar-refractivity contribution is 5.76. The van der Waals surface area contributed by atoms with Gasteiger partial charge in [-0.2, -0.15) is 0 Å². The molecule has 1 aliphatic heterocycles. The quantitative estimate of drug-likeness (QED) is 0.764. The zero-order chi connectivity index (χ0) is 18.6. The maximum Gasteiger partial charge on any atom is 0.224 e. The third-order valence-electron chi connectivity index (χ3n) is 5.08. The van der Waals surface area contributed by atoms with E-state index < -0.39 is 5.60 Å². The number of hydrogen-bond donors (Lipinski definition) is 0. The molecule has 0 spiro atoms. The number of benzene rings is 1. The smallest absolute Gasteiger partial charge is 0.224 e. The molecule has 6 nitrogen and oxygen atoms in total. The first-order chi connectivity index (χ1) is 12.5. The van der Waals surface area contributed by atoms with E-state index >= 15 is 0 Å². The average molecular weight is 357 g/mol. The van der Waals surface area contributed by atoms with E-state index in [-0.39, 0.29) is 5.91 Å². The molecule has 1 atom stereocenters. The lowest BCUT2D eigenvalue weighted by Crippen LogP contribution is -2.42. The number of amides is 1. The fourth-order valence-corrected chi connectivity index (χ4v) is 3.34. The fourth-order valence-electron chi connectivity index (χ4n) is 3.34. The van der Waals surface area contributed by atoms with Gasteiger partial charge in [-0.1, -0.05) is 12.1 Å². The van der Waals surface area contributed by atoms with E-state index in [0.717, 1.165) is 23.6 Å². The second kappa shape index (κ2) is 7.91. The molecule has 0 unspecified atom stereocenters. The summed E-state index contributed by atoms with van der Waals surface area (Å²) in [7, 11) is 1.70. The van der Waals surface area contributed by atoms with Crippen LogP contribution in [0.25, 0.3) is 0 Å². The van der Waals surface area contributed by atoms with Crippen LogP contribution in [0, 0.1) is 13.8 Å². The van der Waals surface area contributed by atoms with Crippen LogP contribution >= 0.6 is 0 Å². The van der Waals surface area contributed by atoms with E-state index in [2.05, 4.69) is 4.98 Å². The number of carbonyl (C=O) groups excluding carboxylic acids is 1. The zero-order valence-electron chi connectivity index (χ0n) is 15.8. The first-order valence-electron chi connectivity index (χ1n) is 9.01. The van der Waals surface area contributed by atoms with E-state index in [9.17, 15) is 4.79 Å². The molecule has 6 heteroatoms. The number of imidazole rings is 1. The van der Waals surface area contributed by atoms with Crippen LogP contribution in [0.5, 0.6) is 5.75 Å². The molecular formula is C20H27N3O3. The number of likely N-dealkylation sites (tertiary alicyclic amines) is 1. The van der Waals surface area contributed by atoms with Crippen LogP contribution in [0.3, 0.4) is 0 Å². The molecule has 0 saturated carbocycles. The van der Waals surface area contributed by atoms with Gasteiger partial charge in [-0.15, -0.1) is 0 Å². The predicted octanol–water partition coefficient (Wildman–Crippen LogP) is 2.59. The molecule has 26 heavy (non-hydrogen) atoms. The summed E-state index contributed by atoms with van der Waals surface area (Å²) in [5.74, 6) is 1.91. The predicted molar refractivity (Wildman–Crippen MR) is 99.2 cm³/mol. The molecule has 0 aliphatic carbocycles. The minimum absolute atomic E-state index is 0.146. The van der Waals surface area contributed by atoms with Gasteiger partial charge in [0, 0.05) is 39.0 Å². The van der Waals surface area contributed by atoms with Crippen molar-refractivity contribution in [2.24, 2.45) is 0 Å². The average Bonchev–Trinajstić information content (AvgIpc) is 3.25. The maximum absolute atomic E-state index is 12.6. The summed E-state index contributed by atoms with van der Waals surface area (Å²) in [6.07, 6.45) is 4.91. The van der Waals surface area contributed by atoms with E-state index in [0.29, 0.717) is 32.7 Å². The highest BCUT2D eigenvalue weighted by Crippen LogP contribution is 2.27. The Balaban J connectivity index is 1.54. The van der Waals surface area contributed by atoms with Crippen molar-refractivity contribution in [3.8, 4) is 5.75 Å². The summed E-state index contributed by atoms with van der Waals surface area (Å²) < 4.78 is 13.7. The van der Waals surface area contributed by atoms with Crippen LogP contribution in [0.1, 0.15) is 24.2 Å². The third-order valence-corrected chi connectivity index (χ3v) is 5.08. The Morgan fingerprint density at radius 3 is 2.88 bits per heavy atom. The Kier molecular flexibility index (Phi) is 5.61. The van der Waals surface area contributed by atoms with Gasteiger partial charge in [0.25, 0.3) is 0 Å². The summed E-state index contributed by atoms with van der Waals surface area (Å²) in [5.41, 5.74) is 0.719. The molecule has 0 bridgehead atoms. The molecule has 3 rings (SSSR count). The molecule has 1 aromatic carbocycles. The van der Waals surface area contributed by atoms with E-state index in [1.54, 1.807) is 13.3 Å². The second-order valence-corrected chi connectivity index (χ2v) is 6.98. The number of hydrogen-bond acceptors (Lipinski definition) is 4. The van der Waals surface area contributed by atoms with E-state index in [1.165, 1.54) is 0 Å². The highest BCUT2D eigenvalue weighted by atomic mass is 16.5. The van der Waals surface area contributed by atoms with Gasteiger partial charge in [-0.3, -0.25) is 4.79 Å². The topological polar surface area (TPSA) is 56.6 Å². The molecule has 2 heterocycles. The standard InChI is InChI=1S/C20H27N3O3/c1-16-5-4-6-18(13-16)26-15-20(25-3)8-11-23(14-20)19(24)7-10-22-12-9-21-17(22)2/h4-6,9,12-13H,7-8,10-11,14-15H2,1-3H3/t20-/m1/s1. The SMILES string of the molecule is CO[C@]1(COc2cccc(C)c2)CCN(C(=O)CCn2ccnc2C)C1. The molecule has 1 fully saturated rings. The number of carbonyl (C=O) groups is 1. The first-order valence-corrected chi connectivity index (χ1v) is 9.01. The van der Waals surface area contributed by atoms with Crippen LogP contribution in [-0.2, 0) is 16.1 Å². The van der Waals surface area contributed by atoms with Crippen molar-refractivity contribution in [3.63, 3.8) is 0 Å². The summed E-state index contributed by atoms with van der Waals surface area (Å²) in [6, 6.07) is 7.97. The van der Waals surface area contributed by atoms with Gasteiger partial charge in [0.2, 0.25) is 5.91 Å². The highest BCUT2D eigenvalue weighted by Gasteiger charge is 2.40. The van der Waals surface area contributed by atoms with Gasteiger partial charge in [0.05, 0.1) is 6.54 Å². The summed E-state index contributed by atoms with van der Waals surface area (Å²) >= 11 is 0. The number of rotatable bonds is 7. The molecule has 0 radical (unpaired) electrons. The zero-order valence-corrected chi connectivity index (χ0v) is 15.8. The van der Waals surface area contributed by atoms with Crippen LogP contribution in [0.2, 0.25) is 0 Å². The van der Waals surface area contributed by atoms with Crippen molar-refractivity contribution in [1.82, 2.24) is 14.5 Å². The van der Waals surface area contributed by atoms with E-state index in [1.807, 2.05) is 53.8 Å². The fraction of sp³-hybridized carbons (Fsp3) is 0.500. The summed E-state index contributed by atoms with van der Waals surface area (Å²) in [4.78, 5) is 18.6. The van der Waals surface area contributed by atoms with Gasteiger partial charge in [0.1, 0.15) is 23.8 Å². The van der Waals surface area contributed by atoms with Crippen LogP contribution in [-0.4, -0.2) is 52.8 Å². The van der Waals surface area contributed by atoms with Gasteiger partial charge < -0.3 is 18.9 Å². The Bertz CT molecular complexity index is 758. The first kappa shape index (κ1) is 18.5. The number of methoxy groups -OCH3 is 1. The number of aromatic nitrogens is 2. The maximum atomic E-state index is 12.6. The number of nitrogens with zero attached hydrogens (tertiary/aromatic N) is 3. The Morgan fingerprint density at radius 2 is 2.19 bits per heavy atom. The van der Waals surface area contributed by atoms with Gasteiger partial charge >= 0.3 is 0 Å². The van der Waals surface area contributed by atoms with Gasteiger partial charge in [-0.25, -0.2) is 4.98 Å². The normalized spacial score (nSPS) is 19.7. The van der Waals surface area contributed by atoms with Gasteiger partial charge in [-0.05, 0) is 38.0 Å². The van der Waals surface area contributed by atoms with Crippen molar-refractivity contribution in [2.45, 2.75) is 38.8 Å². The molecule has 1 aliphatic rings. The Hall–Kier alpha value is -2.34. The van der Waals surface area contributed by atoms with Crippen molar-refractivity contribution < 1.29 is 14.3 Å². The lowest BCUT2D eigenvalue weighted by molar-refractivity contribution is -0.132. The van der Waals surface area contributed by atoms with E-state index in [4.69, 9.17) is 9.47 Å². The summed E-state index contributed by atoms with van der Waals surface area (Å²) in [5, 5.41) is 0. The monoisotopic (exact) mass is 357 g/mol. The molecular weight excluding hydrogens is 330 g/mol. The lowest BCUT2D eigenvalue weighted by Gasteiger charge is -2.28. The number of ether oxygens (including phenoxy) is 2. The molecule has 1 aromatic heterocycles. The van der Waals surface area contributed by atoms with Crippen LogP contribution in [0.15, 0.2) is 36.7 Å². The molecule has 2 aromatic rings. The van der Waals surface area contributed by atoms with Crippen molar-refractivity contribution in [3.05, 3.63) is 48.0 Å². The van der Waals surface area contributed by atoms with Gasteiger partial charge in [0.15, 0.2) is 0 Å². The van der Waals surface area contributed by atoms with Crippen molar-refractivity contribution in [1.29, 1.82) is 0 Å². The second-order valence-electron chi connectivity index (χ2n) is 6.98. The number of aryl methyl sites for hydroxylation is 3. The summed E-state index contributed by atoms with van der Waals surface area (Å²) in [6.45, 7) is 6.35. The molecule has 1 saturated heterocycles.